The first-order valence-corrected chi connectivity index (χ1v) is 7.13. The van der Waals surface area contributed by atoms with Gasteiger partial charge in [0.1, 0.15) is 5.82 Å². The summed E-state index contributed by atoms with van der Waals surface area (Å²) in [5.41, 5.74) is 1.60. The molecule has 0 amide bonds. The van der Waals surface area contributed by atoms with Gasteiger partial charge in [-0.1, -0.05) is 19.1 Å². The van der Waals surface area contributed by atoms with Gasteiger partial charge in [0.15, 0.2) is 5.82 Å². The summed E-state index contributed by atoms with van der Waals surface area (Å²) in [6, 6.07) is 6.35. The molecule has 20 heavy (non-hydrogen) atoms. The zero-order chi connectivity index (χ0) is 14.7. The van der Waals surface area contributed by atoms with E-state index < -0.39 is 4.92 Å². The molecule has 0 fully saturated rings. The van der Waals surface area contributed by atoms with Gasteiger partial charge >= 0.3 is 0 Å². The fraction of sp³-hybridized carbons (Fsp3) is 0.231. The Kier molecular flexibility index (Phi) is 4.48. The Morgan fingerprint density at radius 1 is 1.40 bits per heavy atom. The number of anilines is 1. The molecule has 1 heterocycles. The molecule has 0 spiro atoms. The van der Waals surface area contributed by atoms with Crippen LogP contribution in [0, 0.1) is 13.7 Å². The van der Waals surface area contributed by atoms with Gasteiger partial charge in [0.25, 0.3) is 5.69 Å². The van der Waals surface area contributed by atoms with Crippen LogP contribution >= 0.6 is 22.6 Å². The van der Waals surface area contributed by atoms with E-state index >= 15 is 0 Å². The Balaban J connectivity index is 2.57. The lowest BCUT2D eigenvalue weighted by Crippen LogP contribution is -2.04. The Morgan fingerprint density at radius 2 is 2.15 bits per heavy atom. The van der Waals surface area contributed by atoms with Crippen LogP contribution in [0.4, 0.5) is 11.5 Å². The van der Waals surface area contributed by atoms with Crippen molar-refractivity contribution in [3.8, 4) is 11.4 Å². The second-order valence-corrected chi connectivity index (χ2v) is 5.15. The lowest BCUT2D eigenvalue weighted by Gasteiger charge is -2.10. The normalized spacial score (nSPS) is 10.3. The molecule has 6 nitrogen and oxygen atoms in total. The van der Waals surface area contributed by atoms with E-state index in [9.17, 15) is 10.1 Å². The fourth-order valence-electron chi connectivity index (χ4n) is 1.78. The van der Waals surface area contributed by atoms with Crippen LogP contribution in [0.5, 0.6) is 0 Å². The molecular weight excluding hydrogens is 371 g/mol. The van der Waals surface area contributed by atoms with Crippen molar-refractivity contribution in [2.75, 3.05) is 12.4 Å². The molecule has 0 bridgehead atoms. The number of hydrogen-bond donors (Lipinski definition) is 1. The molecule has 0 aliphatic carbocycles. The lowest BCUT2D eigenvalue weighted by atomic mass is 10.2. The van der Waals surface area contributed by atoms with Crippen molar-refractivity contribution in [2.45, 2.75) is 13.3 Å². The number of hydrogen-bond acceptors (Lipinski definition) is 5. The maximum Gasteiger partial charge on any atom is 0.270 e. The summed E-state index contributed by atoms with van der Waals surface area (Å²) in [7, 11) is 1.79. The van der Waals surface area contributed by atoms with Crippen LogP contribution in [0.25, 0.3) is 11.4 Å². The van der Waals surface area contributed by atoms with E-state index in [-0.39, 0.29) is 5.69 Å². The Bertz CT molecular complexity index is 636. The van der Waals surface area contributed by atoms with Crippen LogP contribution in [0.15, 0.2) is 24.3 Å². The number of nitrogens with one attached hydrogen (secondary N) is 1. The van der Waals surface area contributed by atoms with Crippen molar-refractivity contribution >= 4 is 34.1 Å². The zero-order valence-electron chi connectivity index (χ0n) is 11.1. The van der Waals surface area contributed by atoms with Gasteiger partial charge in [-0.3, -0.25) is 10.1 Å². The van der Waals surface area contributed by atoms with Crippen molar-refractivity contribution < 1.29 is 4.92 Å². The third kappa shape index (κ3) is 2.87. The predicted molar refractivity (Wildman–Crippen MR) is 85.8 cm³/mol. The van der Waals surface area contributed by atoms with Crippen LogP contribution in [-0.2, 0) is 6.42 Å². The number of nitro groups is 1. The first-order chi connectivity index (χ1) is 9.56. The molecule has 1 aromatic heterocycles. The van der Waals surface area contributed by atoms with E-state index in [1.54, 1.807) is 19.2 Å². The Morgan fingerprint density at radius 3 is 2.75 bits per heavy atom. The van der Waals surface area contributed by atoms with E-state index in [2.05, 4.69) is 37.9 Å². The van der Waals surface area contributed by atoms with Crippen LogP contribution in [-0.4, -0.2) is 21.9 Å². The van der Waals surface area contributed by atoms with Gasteiger partial charge in [0.2, 0.25) is 0 Å². The standard InChI is InChI=1S/C13H13IN4O2/c1-3-10-11(14)13(15-2)17-12(16-10)8-5-4-6-9(7-8)18(19)20/h4-7H,3H2,1-2H3,(H,15,16,17). The first-order valence-electron chi connectivity index (χ1n) is 6.05. The smallest absolute Gasteiger partial charge is 0.270 e. The molecule has 1 aromatic carbocycles. The van der Waals surface area contributed by atoms with Crippen LogP contribution in [0.1, 0.15) is 12.6 Å². The Labute approximate surface area is 129 Å². The number of aromatic nitrogens is 2. The number of aryl methyl sites for hydroxylation is 1. The largest absolute Gasteiger partial charge is 0.372 e. The summed E-state index contributed by atoms with van der Waals surface area (Å²) in [6.07, 6.45) is 0.775. The highest BCUT2D eigenvalue weighted by molar-refractivity contribution is 14.1. The van der Waals surface area contributed by atoms with E-state index in [4.69, 9.17) is 0 Å². The average Bonchev–Trinajstić information content (AvgIpc) is 2.47. The minimum Gasteiger partial charge on any atom is -0.372 e. The number of nitrogens with zero attached hydrogens (tertiary/aromatic N) is 3. The number of rotatable bonds is 4. The van der Waals surface area contributed by atoms with Crippen molar-refractivity contribution in [1.82, 2.24) is 9.97 Å². The third-order valence-corrected chi connectivity index (χ3v) is 3.94. The monoisotopic (exact) mass is 384 g/mol. The van der Waals surface area contributed by atoms with Crippen molar-refractivity contribution in [3.63, 3.8) is 0 Å². The molecule has 0 unspecified atom stereocenters. The van der Waals surface area contributed by atoms with Crippen molar-refractivity contribution in [2.24, 2.45) is 0 Å². The number of halogens is 1. The van der Waals surface area contributed by atoms with Gasteiger partial charge < -0.3 is 5.32 Å². The molecule has 1 N–H and O–H groups in total. The second-order valence-electron chi connectivity index (χ2n) is 4.07. The zero-order valence-corrected chi connectivity index (χ0v) is 13.2. The molecule has 0 atom stereocenters. The number of non-ortho nitro benzene ring substituents is 1. The molecule has 7 heteroatoms. The molecule has 2 rings (SSSR count). The predicted octanol–water partition coefficient (Wildman–Crippen LogP) is 3.26. The van der Waals surface area contributed by atoms with Gasteiger partial charge in [0.05, 0.1) is 14.2 Å². The van der Waals surface area contributed by atoms with Crippen LogP contribution in [0.3, 0.4) is 0 Å². The maximum atomic E-state index is 10.8. The molecule has 0 aliphatic heterocycles. The van der Waals surface area contributed by atoms with E-state index in [1.807, 2.05) is 6.92 Å². The highest BCUT2D eigenvalue weighted by atomic mass is 127. The minimum absolute atomic E-state index is 0.0358. The SMILES string of the molecule is CCc1nc(-c2cccc([N+](=O)[O-])c2)nc(NC)c1I. The van der Waals surface area contributed by atoms with Gasteiger partial charge in [0, 0.05) is 24.7 Å². The summed E-state index contributed by atoms with van der Waals surface area (Å²) in [5.74, 6) is 1.23. The van der Waals surface area contributed by atoms with E-state index in [0.29, 0.717) is 11.4 Å². The van der Waals surface area contributed by atoms with Gasteiger partial charge in [-0.05, 0) is 29.0 Å². The number of benzene rings is 1. The molecule has 0 saturated heterocycles. The third-order valence-electron chi connectivity index (χ3n) is 2.81. The summed E-state index contributed by atoms with van der Waals surface area (Å²) in [5, 5.41) is 13.9. The highest BCUT2D eigenvalue weighted by Crippen LogP contribution is 2.26. The maximum absolute atomic E-state index is 10.8. The second kappa shape index (κ2) is 6.12. The molecular formula is C13H13IN4O2. The van der Waals surface area contributed by atoms with E-state index in [0.717, 1.165) is 21.5 Å². The van der Waals surface area contributed by atoms with Crippen molar-refractivity contribution in [3.05, 3.63) is 43.6 Å². The molecule has 0 aliphatic rings. The molecule has 104 valence electrons. The van der Waals surface area contributed by atoms with Gasteiger partial charge in [-0.2, -0.15) is 0 Å². The minimum atomic E-state index is -0.421. The average molecular weight is 384 g/mol. The lowest BCUT2D eigenvalue weighted by molar-refractivity contribution is -0.384. The van der Waals surface area contributed by atoms with E-state index in [1.165, 1.54) is 12.1 Å². The number of nitro benzene ring substituents is 1. The quantitative estimate of drug-likeness (QED) is 0.497. The van der Waals surface area contributed by atoms with Gasteiger partial charge in [-0.15, -0.1) is 0 Å². The fourth-order valence-corrected chi connectivity index (χ4v) is 2.67. The van der Waals surface area contributed by atoms with Crippen LogP contribution in [0.2, 0.25) is 0 Å². The summed E-state index contributed by atoms with van der Waals surface area (Å²) in [6.45, 7) is 2.02. The summed E-state index contributed by atoms with van der Waals surface area (Å²) >= 11 is 2.20. The topological polar surface area (TPSA) is 81.0 Å². The summed E-state index contributed by atoms with van der Waals surface area (Å²) < 4.78 is 0.974. The van der Waals surface area contributed by atoms with Crippen LogP contribution < -0.4 is 5.32 Å². The molecule has 0 saturated carbocycles. The van der Waals surface area contributed by atoms with Crippen molar-refractivity contribution in [1.29, 1.82) is 0 Å². The summed E-state index contributed by atoms with van der Waals surface area (Å²) in [4.78, 5) is 19.3. The first kappa shape index (κ1) is 14.6. The molecule has 0 radical (unpaired) electrons. The molecule has 2 aromatic rings. The van der Waals surface area contributed by atoms with Gasteiger partial charge in [-0.25, -0.2) is 9.97 Å². The Hall–Kier alpha value is -1.77. The highest BCUT2D eigenvalue weighted by Gasteiger charge is 2.13.